The summed E-state index contributed by atoms with van der Waals surface area (Å²) in [6.07, 6.45) is 2.13. The van der Waals surface area contributed by atoms with Gasteiger partial charge in [0, 0.05) is 18.3 Å². The smallest absolute Gasteiger partial charge is 0.0760 e. The zero-order valence-corrected chi connectivity index (χ0v) is 11.9. The van der Waals surface area contributed by atoms with Crippen LogP contribution in [0.4, 0.5) is 0 Å². The van der Waals surface area contributed by atoms with Gasteiger partial charge in [-0.3, -0.25) is 0 Å². The molecule has 0 radical (unpaired) electrons. The van der Waals surface area contributed by atoms with Crippen molar-refractivity contribution in [2.75, 3.05) is 0 Å². The summed E-state index contributed by atoms with van der Waals surface area (Å²) < 4.78 is 0. The molecule has 0 aliphatic heterocycles. The van der Waals surface area contributed by atoms with Crippen LogP contribution >= 0.6 is 0 Å². The molecule has 3 fully saturated rings. The number of aliphatic hydroxyl groups excluding tert-OH is 1. The normalized spacial score (nSPS) is 61.8. The van der Waals surface area contributed by atoms with Gasteiger partial charge in [0.2, 0.25) is 0 Å². The summed E-state index contributed by atoms with van der Waals surface area (Å²) >= 11 is 0. The SMILES string of the molecule is CC1C(O)CC2(O)CC3(O)CC(C)(C)CC3C12C. The van der Waals surface area contributed by atoms with Crippen LogP contribution in [-0.2, 0) is 0 Å². The van der Waals surface area contributed by atoms with Crippen LogP contribution in [0.2, 0.25) is 0 Å². The van der Waals surface area contributed by atoms with Crippen molar-refractivity contribution >= 4 is 0 Å². The van der Waals surface area contributed by atoms with Gasteiger partial charge in [0.25, 0.3) is 0 Å². The van der Waals surface area contributed by atoms with Gasteiger partial charge in [0.05, 0.1) is 17.3 Å². The van der Waals surface area contributed by atoms with E-state index in [1.807, 2.05) is 6.92 Å². The summed E-state index contributed by atoms with van der Waals surface area (Å²) in [5.41, 5.74) is -1.84. The number of fused-ring (bicyclic) bond motifs is 3. The molecule has 0 heterocycles. The Kier molecular flexibility index (Phi) is 2.24. The second kappa shape index (κ2) is 3.13. The molecule has 18 heavy (non-hydrogen) atoms. The molecule has 3 aliphatic carbocycles. The van der Waals surface area contributed by atoms with Crippen molar-refractivity contribution in [3.8, 4) is 0 Å². The number of aliphatic hydroxyl groups is 3. The van der Waals surface area contributed by atoms with E-state index in [-0.39, 0.29) is 22.7 Å². The van der Waals surface area contributed by atoms with E-state index in [4.69, 9.17) is 0 Å². The van der Waals surface area contributed by atoms with Gasteiger partial charge in [0.1, 0.15) is 0 Å². The summed E-state index contributed by atoms with van der Waals surface area (Å²) in [7, 11) is 0. The van der Waals surface area contributed by atoms with Crippen molar-refractivity contribution in [2.24, 2.45) is 22.7 Å². The molecule has 6 unspecified atom stereocenters. The minimum Gasteiger partial charge on any atom is -0.393 e. The molecule has 3 rings (SSSR count). The minimum absolute atomic E-state index is 0.0513. The second-order valence-corrected chi connectivity index (χ2v) is 8.25. The fraction of sp³-hybridized carbons (Fsp3) is 1.00. The first-order valence-electron chi connectivity index (χ1n) is 7.17. The van der Waals surface area contributed by atoms with E-state index in [9.17, 15) is 15.3 Å². The van der Waals surface area contributed by atoms with Crippen LogP contribution < -0.4 is 0 Å². The molecule has 3 heteroatoms. The summed E-state index contributed by atoms with van der Waals surface area (Å²) in [6, 6.07) is 0. The van der Waals surface area contributed by atoms with E-state index >= 15 is 0 Å². The molecule has 6 atom stereocenters. The van der Waals surface area contributed by atoms with Crippen LogP contribution in [0.15, 0.2) is 0 Å². The lowest BCUT2D eigenvalue weighted by Crippen LogP contribution is -2.44. The van der Waals surface area contributed by atoms with Gasteiger partial charge in [-0.05, 0) is 30.1 Å². The first kappa shape index (κ1) is 12.9. The van der Waals surface area contributed by atoms with E-state index in [1.54, 1.807) is 0 Å². The Morgan fingerprint density at radius 2 is 1.61 bits per heavy atom. The van der Waals surface area contributed by atoms with Crippen LogP contribution in [0.1, 0.15) is 53.4 Å². The molecule has 3 nitrogen and oxygen atoms in total. The molecule has 3 saturated carbocycles. The summed E-state index contributed by atoms with van der Waals surface area (Å²) in [6.45, 7) is 8.50. The molecule has 0 aromatic heterocycles. The highest BCUT2D eigenvalue weighted by Crippen LogP contribution is 2.71. The van der Waals surface area contributed by atoms with Crippen molar-refractivity contribution < 1.29 is 15.3 Å². The van der Waals surface area contributed by atoms with Crippen LogP contribution in [0.3, 0.4) is 0 Å². The maximum atomic E-state index is 11.0. The van der Waals surface area contributed by atoms with Gasteiger partial charge >= 0.3 is 0 Å². The standard InChI is InChI=1S/C15H26O3/c1-9-10(16)5-15(18)8-14(17)7-12(2,3)6-11(14)13(9,15)4/h9-11,16-18H,5-8H2,1-4H3. The Morgan fingerprint density at radius 3 is 2.22 bits per heavy atom. The first-order valence-corrected chi connectivity index (χ1v) is 7.17. The third-order valence-electron chi connectivity index (χ3n) is 6.59. The van der Waals surface area contributed by atoms with Gasteiger partial charge < -0.3 is 15.3 Å². The van der Waals surface area contributed by atoms with Crippen molar-refractivity contribution in [1.82, 2.24) is 0 Å². The summed E-state index contributed by atoms with van der Waals surface area (Å²) in [4.78, 5) is 0. The van der Waals surface area contributed by atoms with E-state index in [2.05, 4.69) is 20.8 Å². The highest BCUT2D eigenvalue weighted by molar-refractivity contribution is 5.25. The highest BCUT2D eigenvalue weighted by atomic mass is 16.3. The van der Waals surface area contributed by atoms with Crippen molar-refractivity contribution in [2.45, 2.75) is 70.7 Å². The molecule has 104 valence electrons. The average Bonchev–Trinajstić information content (AvgIpc) is 2.57. The average molecular weight is 254 g/mol. The topological polar surface area (TPSA) is 60.7 Å². The molecular formula is C15H26O3. The van der Waals surface area contributed by atoms with E-state index in [0.717, 1.165) is 12.8 Å². The minimum atomic E-state index is -0.887. The number of hydrogen-bond acceptors (Lipinski definition) is 3. The largest absolute Gasteiger partial charge is 0.393 e. The summed E-state index contributed by atoms with van der Waals surface area (Å²) in [5, 5.41) is 32.0. The van der Waals surface area contributed by atoms with Crippen LogP contribution in [0.5, 0.6) is 0 Å². The first-order chi connectivity index (χ1) is 8.04. The van der Waals surface area contributed by atoms with E-state index in [0.29, 0.717) is 12.8 Å². The lowest BCUT2D eigenvalue weighted by atomic mass is 9.66. The highest BCUT2D eigenvalue weighted by Gasteiger charge is 2.75. The quantitative estimate of drug-likeness (QED) is 0.616. The van der Waals surface area contributed by atoms with Gasteiger partial charge in [-0.1, -0.05) is 27.7 Å². The monoisotopic (exact) mass is 254 g/mol. The maximum absolute atomic E-state index is 11.0. The van der Waals surface area contributed by atoms with Crippen LogP contribution in [0.25, 0.3) is 0 Å². The van der Waals surface area contributed by atoms with Gasteiger partial charge in [0.15, 0.2) is 0 Å². The Morgan fingerprint density at radius 1 is 1.00 bits per heavy atom. The van der Waals surface area contributed by atoms with Gasteiger partial charge in [-0.15, -0.1) is 0 Å². The maximum Gasteiger partial charge on any atom is 0.0760 e. The zero-order valence-electron chi connectivity index (χ0n) is 11.9. The third kappa shape index (κ3) is 1.26. The molecule has 0 bridgehead atoms. The molecule has 3 N–H and O–H groups in total. The van der Waals surface area contributed by atoms with Crippen LogP contribution in [-0.4, -0.2) is 32.6 Å². The van der Waals surface area contributed by atoms with Crippen molar-refractivity contribution in [3.63, 3.8) is 0 Å². The second-order valence-electron chi connectivity index (χ2n) is 8.25. The number of rotatable bonds is 0. The molecule has 0 spiro atoms. The Bertz CT molecular complexity index is 393. The zero-order chi connectivity index (χ0) is 13.6. The van der Waals surface area contributed by atoms with E-state index in [1.165, 1.54) is 0 Å². The number of hydrogen-bond donors (Lipinski definition) is 3. The molecule has 0 aromatic rings. The molecular weight excluding hydrogens is 228 g/mol. The molecule has 0 amide bonds. The summed E-state index contributed by atoms with van der Waals surface area (Å²) in [5.74, 6) is 0.160. The Hall–Kier alpha value is -0.120. The predicted octanol–water partition coefficient (Wildman–Crippen LogP) is 1.70. The van der Waals surface area contributed by atoms with E-state index < -0.39 is 17.3 Å². The lowest BCUT2D eigenvalue weighted by Gasteiger charge is -2.41. The predicted molar refractivity (Wildman–Crippen MR) is 68.9 cm³/mol. The third-order valence-corrected chi connectivity index (χ3v) is 6.59. The van der Waals surface area contributed by atoms with Crippen molar-refractivity contribution in [1.29, 1.82) is 0 Å². The molecule has 0 aromatic carbocycles. The fourth-order valence-corrected chi connectivity index (χ4v) is 5.70. The molecule has 3 aliphatic rings. The van der Waals surface area contributed by atoms with Gasteiger partial charge in [-0.2, -0.15) is 0 Å². The lowest BCUT2D eigenvalue weighted by molar-refractivity contribution is -0.0642. The van der Waals surface area contributed by atoms with Gasteiger partial charge in [-0.25, -0.2) is 0 Å². The Labute approximate surface area is 109 Å². The Balaban J connectivity index is 2.07. The fourth-order valence-electron chi connectivity index (χ4n) is 5.70. The van der Waals surface area contributed by atoms with Crippen LogP contribution in [0, 0.1) is 22.7 Å². The van der Waals surface area contributed by atoms with Crippen molar-refractivity contribution in [3.05, 3.63) is 0 Å². The molecule has 0 saturated heterocycles.